The van der Waals surface area contributed by atoms with Gasteiger partial charge in [0.2, 0.25) is 11.0 Å². The van der Waals surface area contributed by atoms with Crippen LogP contribution in [-0.4, -0.2) is 27.6 Å². The lowest BCUT2D eigenvalue weighted by molar-refractivity contribution is -0.116. The molecule has 0 atom stereocenters. The number of carbonyl (C=O) groups is 2. The predicted molar refractivity (Wildman–Crippen MR) is 118 cm³/mol. The van der Waals surface area contributed by atoms with Gasteiger partial charge in [0.05, 0.1) is 5.75 Å². The van der Waals surface area contributed by atoms with E-state index in [4.69, 9.17) is 11.6 Å². The summed E-state index contributed by atoms with van der Waals surface area (Å²) in [7, 11) is 0. The van der Waals surface area contributed by atoms with Crippen LogP contribution in [0.4, 0.5) is 16.5 Å². The van der Waals surface area contributed by atoms with Crippen LogP contribution >= 0.6 is 34.7 Å². The fourth-order valence-electron chi connectivity index (χ4n) is 2.94. The van der Waals surface area contributed by atoms with Crippen LogP contribution in [0, 0.1) is 6.92 Å². The van der Waals surface area contributed by atoms with E-state index in [1.165, 1.54) is 23.1 Å². The van der Waals surface area contributed by atoms with Crippen molar-refractivity contribution in [3.05, 3.63) is 58.1 Å². The van der Waals surface area contributed by atoms with E-state index in [1.807, 2.05) is 31.2 Å². The maximum absolute atomic E-state index is 12.6. The lowest BCUT2D eigenvalue weighted by atomic mass is 9.99. The maximum atomic E-state index is 12.6. The number of fused-ring (bicyclic) bond motifs is 1. The van der Waals surface area contributed by atoms with Crippen molar-refractivity contribution in [2.75, 3.05) is 16.4 Å². The van der Waals surface area contributed by atoms with Gasteiger partial charge in [0.25, 0.3) is 0 Å². The first-order valence-corrected chi connectivity index (χ1v) is 11.1. The summed E-state index contributed by atoms with van der Waals surface area (Å²) < 4.78 is 0.714. The number of Topliss-reactive ketones (excluding diaryl/α,β-unsaturated/α-hetero) is 1. The van der Waals surface area contributed by atoms with Crippen LogP contribution in [0.2, 0.25) is 5.02 Å². The highest BCUT2D eigenvalue weighted by atomic mass is 35.5. The number of hydrogen-bond acceptors (Lipinski definition) is 7. The molecule has 0 aliphatic carbocycles. The van der Waals surface area contributed by atoms with Gasteiger partial charge in [-0.3, -0.25) is 9.59 Å². The Morgan fingerprint density at radius 2 is 2.14 bits per heavy atom. The van der Waals surface area contributed by atoms with E-state index >= 15 is 0 Å². The van der Waals surface area contributed by atoms with Crippen molar-refractivity contribution in [3.8, 4) is 0 Å². The highest BCUT2D eigenvalue weighted by Gasteiger charge is 2.17. The first-order valence-electron chi connectivity index (χ1n) is 8.94. The van der Waals surface area contributed by atoms with Crippen molar-refractivity contribution >= 4 is 62.9 Å². The van der Waals surface area contributed by atoms with E-state index < -0.39 is 0 Å². The molecular weight excluding hydrogens is 428 g/mol. The predicted octanol–water partition coefficient (Wildman–Crippen LogP) is 5.10. The molecule has 2 heterocycles. The molecule has 6 nitrogen and oxygen atoms in total. The Morgan fingerprint density at radius 1 is 1.28 bits per heavy atom. The van der Waals surface area contributed by atoms with E-state index in [0.717, 1.165) is 22.5 Å². The number of benzene rings is 2. The normalized spacial score (nSPS) is 13.0. The molecule has 2 N–H and O–H groups in total. The van der Waals surface area contributed by atoms with Gasteiger partial charge < -0.3 is 10.6 Å². The quantitative estimate of drug-likeness (QED) is 0.406. The molecule has 0 spiro atoms. The third-order valence-corrected chi connectivity index (χ3v) is 6.95. The van der Waals surface area contributed by atoms with E-state index in [9.17, 15) is 9.59 Å². The van der Waals surface area contributed by atoms with Gasteiger partial charge in [0, 0.05) is 28.4 Å². The van der Waals surface area contributed by atoms with E-state index in [0.29, 0.717) is 32.9 Å². The molecule has 0 radical (unpaired) electrons. The number of hydrogen-bond donors (Lipinski definition) is 2. The molecule has 9 heteroatoms. The number of ketones is 1. The fourth-order valence-corrected chi connectivity index (χ4v) is 4.78. The first kappa shape index (κ1) is 19.9. The SMILES string of the molecule is Cc1c(Cl)cccc1Nc1nnc(SCC(=O)c2ccc3c(c2)CCC(=O)N3)s1. The van der Waals surface area contributed by atoms with Crippen LogP contribution in [0.25, 0.3) is 0 Å². The molecule has 3 aromatic rings. The number of carbonyl (C=O) groups excluding carboxylic acids is 2. The molecule has 148 valence electrons. The number of nitrogens with zero attached hydrogens (tertiary/aromatic N) is 2. The molecule has 0 bridgehead atoms. The number of aryl methyl sites for hydroxylation is 1. The molecule has 4 rings (SSSR count). The minimum Gasteiger partial charge on any atom is -0.330 e. The average molecular weight is 445 g/mol. The summed E-state index contributed by atoms with van der Waals surface area (Å²) in [6, 6.07) is 11.1. The van der Waals surface area contributed by atoms with Gasteiger partial charge in [0.15, 0.2) is 10.1 Å². The summed E-state index contributed by atoms with van der Waals surface area (Å²) in [6.07, 6.45) is 1.11. The van der Waals surface area contributed by atoms with Gasteiger partial charge in [-0.1, -0.05) is 40.8 Å². The second-order valence-electron chi connectivity index (χ2n) is 6.54. The zero-order chi connectivity index (χ0) is 20.4. The summed E-state index contributed by atoms with van der Waals surface area (Å²) in [5, 5.41) is 15.7. The summed E-state index contributed by atoms with van der Waals surface area (Å²) in [5.41, 5.74) is 4.26. The van der Waals surface area contributed by atoms with Gasteiger partial charge in [-0.05, 0) is 54.8 Å². The highest BCUT2D eigenvalue weighted by molar-refractivity contribution is 8.01. The van der Waals surface area contributed by atoms with Gasteiger partial charge in [0.1, 0.15) is 0 Å². The minimum absolute atomic E-state index is 0.0146. The molecule has 0 unspecified atom stereocenters. The average Bonchev–Trinajstić information content (AvgIpc) is 3.16. The fraction of sp³-hybridized carbons (Fsp3) is 0.200. The Balaban J connectivity index is 1.38. The van der Waals surface area contributed by atoms with Crippen molar-refractivity contribution in [2.45, 2.75) is 24.1 Å². The molecule has 1 aliphatic heterocycles. The number of nitrogens with one attached hydrogen (secondary N) is 2. The Hall–Kier alpha value is -2.42. The molecule has 1 aliphatic rings. The highest BCUT2D eigenvalue weighted by Crippen LogP contribution is 2.31. The van der Waals surface area contributed by atoms with Crippen molar-refractivity contribution < 1.29 is 9.59 Å². The standard InChI is InChI=1S/C20H17ClN4O2S2/c1-11-14(21)3-2-4-15(11)23-19-24-25-20(29-19)28-10-17(26)13-5-7-16-12(9-13)6-8-18(27)22-16/h2-5,7,9H,6,8,10H2,1H3,(H,22,27)(H,23,24). The Kier molecular flexibility index (Phi) is 5.84. The van der Waals surface area contributed by atoms with E-state index in [2.05, 4.69) is 20.8 Å². The third kappa shape index (κ3) is 4.60. The van der Waals surface area contributed by atoms with Gasteiger partial charge >= 0.3 is 0 Å². The molecule has 0 saturated heterocycles. The summed E-state index contributed by atoms with van der Waals surface area (Å²) >= 11 is 8.89. The molecule has 29 heavy (non-hydrogen) atoms. The molecule has 0 fully saturated rings. The molecule has 2 aromatic carbocycles. The van der Waals surface area contributed by atoms with Gasteiger partial charge in [-0.2, -0.15) is 0 Å². The number of rotatable bonds is 6. The number of aromatic nitrogens is 2. The number of thioether (sulfide) groups is 1. The van der Waals surface area contributed by atoms with Gasteiger partial charge in [-0.15, -0.1) is 10.2 Å². The molecule has 1 aromatic heterocycles. The second kappa shape index (κ2) is 8.52. The Morgan fingerprint density at radius 3 is 3.00 bits per heavy atom. The van der Waals surface area contributed by atoms with Crippen molar-refractivity contribution in [1.82, 2.24) is 10.2 Å². The Bertz CT molecular complexity index is 1100. The zero-order valence-corrected chi connectivity index (χ0v) is 17.9. The number of anilines is 3. The zero-order valence-electron chi connectivity index (χ0n) is 15.5. The van der Waals surface area contributed by atoms with Crippen LogP contribution in [0.3, 0.4) is 0 Å². The smallest absolute Gasteiger partial charge is 0.224 e. The van der Waals surface area contributed by atoms with Gasteiger partial charge in [-0.25, -0.2) is 0 Å². The van der Waals surface area contributed by atoms with Crippen LogP contribution in [-0.2, 0) is 11.2 Å². The molecule has 1 amide bonds. The minimum atomic E-state index is 0.0146. The summed E-state index contributed by atoms with van der Waals surface area (Å²) in [4.78, 5) is 24.0. The topological polar surface area (TPSA) is 84.0 Å². The maximum Gasteiger partial charge on any atom is 0.224 e. The lowest BCUT2D eigenvalue weighted by Crippen LogP contribution is -2.19. The van der Waals surface area contributed by atoms with Crippen molar-refractivity contribution in [2.24, 2.45) is 0 Å². The molecular formula is C20H17ClN4O2S2. The Labute approximate surface area is 181 Å². The van der Waals surface area contributed by atoms with Crippen LogP contribution < -0.4 is 10.6 Å². The van der Waals surface area contributed by atoms with Crippen molar-refractivity contribution in [3.63, 3.8) is 0 Å². The third-order valence-electron chi connectivity index (χ3n) is 4.57. The van der Waals surface area contributed by atoms with E-state index in [-0.39, 0.29) is 17.4 Å². The summed E-state index contributed by atoms with van der Waals surface area (Å²) in [6.45, 7) is 1.93. The number of halogens is 1. The summed E-state index contributed by atoms with van der Waals surface area (Å²) in [5.74, 6) is 0.307. The lowest BCUT2D eigenvalue weighted by Gasteiger charge is -2.17. The van der Waals surface area contributed by atoms with E-state index in [1.54, 1.807) is 12.1 Å². The van der Waals surface area contributed by atoms with Crippen molar-refractivity contribution in [1.29, 1.82) is 0 Å². The molecule has 0 saturated carbocycles. The number of amides is 1. The van der Waals surface area contributed by atoms with Crippen LogP contribution in [0.1, 0.15) is 27.9 Å². The first-order chi connectivity index (χ1) is 14.0. The second-order valence-corrected chi connectivity index (χ2v) is 9.15. The largest absolute Gasteiger partial charge is 0.330 e. The van der Waals surface area contributed by atoms with Crippen LogP contribution in [0.5, 0.6) is 0 Å². The van der Waals surface area contributed by atoms with Crippen LogP contribution in [0.15, 0.2) is 40.7 Å². The monoisotopic (exact) mass is 444 g/mol.